The predicted octanol–water partition coefficient (Wildman–Crippen LogP) is 7.51. The number of nitrogens with one attached hydrogen (secondary N) is 1. The van der Waals surface area contributed by atoms with E-state index in [-0.39, 0.29) is 5.16 Å². The van der Waals surface area contributed by atoms with Crippen LogP contribution in [0.5, 0.6) is 5.75 Å². The van der Waals surface area contributed by atoms with Crippen molar-refractivity contribution in [2.45, 2.75) is 51.9 Å². The lowest BCUT2D eigenvalue weighted by Crippen LogP contribution is -2.24. The fourth-order valence-corrected chi connectivity index (χ4v) is 6.41. The van der Waals surface area contributed by atoms with Gasteiger partial charge in [-0.3, -0.25) is 0 Å². The summed E-state index contributed by atoms with van der Waals surface area (Å²) in [5.74, 6) is 1.05. The molecule has 2 atom stereocenters. The highest BCUT2D eigenvalue weighted by Gasteiger charge is 2.31. The van der Waals surface area contributed by atoms with E-state index in [2.05, 4.69) is 123 Å². The Hall–Kier alpha value is -2.93. The summed E-state index contributed by atoms with van der Waals surface area (Å²) in [4.78, 5) is 0. The summed E-state index contributed by atoms with van der Waals surface area (Å²) in [6.45, 7) is 8.43. The SMILES string of the molecule is CCC(C)(Pc1c(C)cccc1CNC)c1cccc(Cc2ccccc2)c1OCc1ccccc1. The van der Waals surface area contributed by atoms with Crippen LogP contribution in [0.1, 0.15) is 53.6 Å². The van der Waals surface area contributed by atoms with Crippen molar-refractivity contribution in [3.63, 3.8) is 0 Å². The summed E-state index contributed by atoms with van der Waals surface area (Å²) < 4.78 is 6.71. The quantitative estimate of drug-likeness (QED) is 0.217. The fraction of sp³-hybridized carbons (Fsp3) is 0.273. The number of hydrogen-bond donors (Lipinski definition) is 1. The zero-order valence-corrected chi connectivity index (χ0v) is 23.0. The molecule has 4 aromatic carbocycles. The van der Waals surface area contributed by atoms with Crippen LogP contribution < -0.4 is 15.4 Å². The van der Waals surface area contributed by atoms with Crippen molar-refractivity contribution < 1.29 is 4.74 Å². The largest absolute Gasteiger partial charge is 0.488 e. The number of ether oxygens (including phenoxy) is 1. The van der Waals surface area contributed by atoms with E-state index < -0.39 is 0 Å². The molecule has 186 valence electrons. The molecule has 0 aliphatic carbocycles. The molecule has 0 aliphatic heterocycles. The first-order valence-corrected chi connectivity index (χ1v) is 13.9. The van der Waals surface area contributed by atoms with Gasteiger partial charge in [-0.2, -0.15) is 0 Å². The molecule has 4 rings (SSSR count). The Bertz CT molecular complexity index is 1260. The molecule has 0 spiro atoms. The van der Waals surface area contributed by atoms with E-state index >= 15 is 0 Å². The third-order valence-corrected chi connectivity index (χ3v) is 9.13. The van der Waals surface area contributed by atoms with Gasteiger partial charge in [-0.15, -0.1) is 0 Å². The van der Waals surface area contributed by atoms with Gasteiger partial charge in [0.2, 0.25) is 0 Å². The smallest absolute Gasteiger partial charge is 0.127 e. The molecule has 3 heteroatoms. The van der Waals surface area contributed by atoms with Gasteiger partial charge in [0.15, 0.2) is 0 Å². The third kappa shape index (κ3) is 6.25. The van der Waals surface area contributed by atoms with Crippen LogP contribution in [-0.4, -0.2) is 7.05 Å². The standard InChI is InChI=1S/C33H38NOP/c1-5-33(3,36-32-25(2)14-12-20-29(32)23-34-4)30-21-13-19-28(22-26-15-8-6-9-16-26)31(30)35-24-27-17-10-7-11-18-27/h6-21,34,36H,5,22-24H2,1-4H3. The van der Waals surface area contributed by atoms with Crippen molar-refractivity contribution >= 4 is 13.9 Å². The Kier molecular flexibility index (Phi) is 8.97. The Morgan fingerprint density at radius 2 is 1.42 bits per heavy atom. The van der Waals surface area contributed by atoms with Crippen LogP contribution in [0.25, 0.3) is 0 Å². The molecular formula is C33H38NOP. The molecule has 0 heterocycles. The molecule has 0 saturated carbocycles. The molecule has 4 aromatic rings. The first kappa shape index (κ1) is 26.1. The van der Waals surface area contributed by atoms with Crippen molar-refractivity contribution in [3.8, 4) is 5.75 Å². The van der Waals surface area contributed by atoms with Gasteiger partial charge in [0, 0.05) is 23.7 Å². The monoisotopic (exact) mass is 495 g/mol. The molecule has 0 bridgehead atoms. The second-order valence-corrected chi connectivity index (χ2v) is 11.5. The van der Waals surface area contributed by atoms with Gasteiger partial charge in [0.1, 0.15) is 12.4 Å². The molecule has 0 saturated heterocycles. The minimum atomic E-state index is -0.0344. The number of benzene rings is 4. The number of aryl methyl sites for hydroxylation is 1. The maximum atomic E-state index is 6.71. The lowest BCUT2D eigenvalue weighted by molar-refractivity contribution is 0.297. The Morgan fingerprint density at radius 1 is 0.778 bits per heavy atom. The summed E-state index contributed by atoms with van der Waals surface area (Å²) in [5, 5.41) is 4.80. The average Bonchev–Trinajstić information content (AvgIpc) is 2.91. The van der Waals surface area contributed by atoms with E-state index in [0.717, 1.165) is 25.1 Å². The maximum absolute atomic E-state index is 6.71. The molecule has 0 aliphatic rings. The maximum Gasteiger partial charge on any atom is 0.127 e. The topological polar surface area (TPSA) is 21.3 Å². The summed E-state index contributed by atoms with van der Waals surface area (Å²) in [6, 6.07) is 34.6. The van der Waals surface area contributed by atoms with E-state index in [1.165, 1.54) is 38.7 Å². The van der Waals surface area contributed by atoms with E-state index in [1.807, 2.05) is 7.05 Å². The third-order valence-electron chi connectivity index (χ3n) is 6.99. The summed E-state index contributed by atoms with van der Waals surface area (Å²) in [7, 11) is 2.67. The normalized spacial score (nSPS) is 13.1. The highest BCUT2D eigenvalue weighted by atomic mass is 31.1. The van der Waals surface area contributed by atoms with Crippen LogP contribution in [0.3, 0.4) is 0 Å². The zero-order valence-electron chi connectivity index (χ0n) is 22.0. The first-order valence-electron chi connectivity index (χ1n) is 12.9. The van der Waals surface area contributed by atoms with Crippen molar-refractivity contribution in [1.29, 1.82) is 0 Å². The molecular weight excluding hydrogens is 457 g/mol. The first-order chi connectivity index (χ1) is 17.5. The number of hydrogen-bond acceptors (Lipinski definition) is 2. The summed E-state index contributed by atoms with van der Waals surface area (Å²) >= 11 is 0. The molecule has 0 amide bonds. The van der Waals surface area contributed by atoms with E-state index in [0.29, 0.717) is 15.2 Å². The van der Waals surface area contributed by atoms with Crippen molar-refractivity contribution in [2.75, 3.05) is 7.05 Å². The van der Waals surface area contributed by atoms with Crippen LogP contribution in [0, 0.1) is 6.92 Å². The van der Waals surface area contributed by atoms with Crippen LogP contribution in [0.15, 0.2) is 97.1 Å². The fourth-order valence-electron chi connectivity index (χ4n) is 4.74. The van der Waals surface area contributed by atoms with Crippen molar-refractivity contribution in [3.05, 3.63) is 130 Å². The Labute approximate surface area is 218 Å². The van der Waals surface area contributed by atoms with Crippen LogP contribution in [0.2, 0.25) is 0 Å². The van der Waals surface area contributed by atoms with Gasteiger partial charge in [-0.1, -0.05) is 119 Å². The van der Waals surface area contributed by atoms with Crippen molar-refractivity contribution in [2.24, 2.45) is 0 Å². The Balaban J connectivity index is 1.77. The number of para-hydroxylation sites is 1. The minimum Gasteiger partial charge on any atom is -0.488 e. The lowest BCUT2D eigenvalue weighted by atomic mass is 9.92. The van der Waals surface area contributed by atoms with Gasteiger partial charge in [-0.25, -0.2) is 0 Å². The highest BCUT2D eigenvalue weighted by molar-refractivity contribution is 7.48. The van der Waals surface area contributed by atoms with Gasteiger partial charge in [-0.05, 0) is 53.5 Å². The average molecular weight is 496 g/mol. The van der Waals surface area contributed by atoms with Crippen molar-refractivity contribution in [1.82, 2.24) is 5.32 Å². The molecule has 1 N–H and O–H groups in total. The second-order valence-electron chi connectivity index (χ2n) is 9.68. The summed E-state index contributed by atoms with van der Waals surface area (Å²) in [5.41, 5.74) is 7.81. The molecule has 2 unspecified atom stereocenters. The predicted molar refractivity (Wildman–Crippen MR) is 156 cm³/mol. The van der Waals surface area contributed by atoms with Gasteiger partial charge < -0.3 is 10.1 Å². The Morgan fingerprint density at radius 3 is 2.08 bits per heavy atom. The molecule has 36 heavy (non-hydrogen) atoms. The van der Waals surface area contributed by atoms with Gasteiger partial charge >= 0.3 is 0 Å². The lowest BCUT2D eigenvalue weighted by Gasteiger charge is -2.33. The molecule has 0 aromatic heterocycles. The molecule has 0 radical (unpaired) electrons. The van der Waals surface area contributed by atoms with Crippen LogP contribution in [-0.2, 0) is 24.7 Å². The van der Waals surface area contributed by atoms with Gasteiger partial charge in [0.25, 0.3) is 0 Å². The molecule has 2 nitrogen and oxygen atoms in total. The van der Waals surface area contributed by atoms with Crippen LogP contribution >= 0.6 is 8.58 Å². The second kappa shape index (κ2) is 12.3. The highest BCUT2D eigenvalue weighted by Crippen LogP contribution is 2.49. The van der Waals surface area contributed by atoms with Crippen LogP contribution in [0.4, 0.5) is 0 Å². The van der Waals surface area contributed by atoms with E-state index in [1.54, 1.807) is 0 Å². The zero-order chi connectivity index (χ0) is 25.4. The number of rotatable bonds is 11. The minimum absolute atomic E-state index is 0.0344. The summed E-state index contributed by atoms with van der Waals surface area (Å²) in [6.07, 6.45) is 1.90. The van der Waals surface area contributed by atoms with E-state index in [9.17, 15) is 0 Å². The van der Waals surface area contributed by atoms with Gasteiger partial charge in [0.05, 0.1) is 0 Å². The van der Waals surface area contributed by atoms with E-state index in [4.69, 9.17) is 4.74 Å². The molecule has 0 fully saturated rings.